The number of hydrogen-bond acceptors (Lipinski definition) is 7. The van der Waals surface area contributed by atoms with Crippen molar-refractivity contribution in [2.45, 2.75) is 45.3 Å². The van der Waals surface area contributed by atoms with Gasteiger partial charge in [-0.1, -0.05) is 5.92 Å². The second kappa shape index (κ2) is 15.5. The highest BCUT2D eigenvalue weighted by molar-refractivity contribution is 5.68. The Morgan fingerprint density at radius 1 is 0.966 bits per heavy atom. The van der Waals surface area contributed by atoms with Crippen LogP contribution in [0, 0.1) is 12.3 Å². The van der Waals surface area contributed by atoms with E-state index in [2.05, 4.69) is 16.1 Å². The van der Waals surface area contributed by atoms with Crippen LogP contribution in [0.2, 0.25) is 0 Å². The van der Waals surface area contributed by atoms with Crippen molar-refractivity contribution < 1.29 is 28.5 Å². The molecule has 0 saturated carbocycles. The number of rotatable bonds is 14. The molecule has 1 rings (SSSR count). The van der Waals surface area contributed by atoms with Crippen molar-refractivity contribution in [3.8, 4) is 12.3 Å². The van der Waals surface area contributed by atoms with Crippen LogP contribution in [0.3, 0.4) is 0 Å². The van der Waals surface area contributed by atoms with E-state index in [0.29, 0.717) is 52.9 Å². The van der Waals surface area contributed by atoms with Crippen LogP contribution in [0.5, 0.6) is 0 Å². The lowest BCUT2D eigenvalue weighted by Crippen LogP contribution is -2.46. The molecule has 0 bridgehead atoms. The molecule has 1 amide bonds. The average molecular weight is 415 g/mol. The number of terminal acetylenes is 1. The summed E-state index contributed by atoms with van der Waals surface area (Å²) in [7, 11) is 0. The van der Waals surface area contributed by atoms with Crippen LogP contribution in [-0.2, 0) is 23.7 Å². The minimum atomic E-state index is -0.462. The van der Waals surface area contributed by atoms with Crippen LogP contribution in [0.15, 0.2) is 0 Å². The van der Waals surface area contributed by atoms with Gasteiger partial charge in [0.25, 0.3) is 0 Å². The predicted octanol–water partition coefficient (Wildman–Crippen LogP) is 1.68. The number of piperidine rings is 1. The van der Waals surface area contributed by atoms with Crippen LogP contribution in [0.25, 0.3) is 0 Å². The first-order valence-electron chi connectivity index (χ1n) is 10.4. The summed E-state index contributed by atoms with van der Waals surface area (Å²) in [5.41, 5.74) is -0.462. The Morgan fingerprint density at radius 2 is 1.48 bits per heavy atom. The highest BCUT2D eigenvalue weighted by Gasteiger charge is 2.23. The molecule has 168 valence electrons. The maximum atomic E-state index is 11.8. The van der Waals surface area contributed by atoms with E-state index in [9.17, 15) is 4.79 Å². The van der Waals surface area contributed by atoms with E-state index < -0.39 is 5.60 Å². The van der Waals surface area contributed by atoms with Crippen LogP contribution >= 0.6 is 0 Å². The third-order valence-electron chi connectivity index (χ3n) is 4.16. The van der Waals surface area contributed by atoms with Crippen LogP contribution < -0.4 is 5.32 Å². The maximum Gasteiger partial charge on any atom is 0.407 e. The molecule has 0 aromatic carbocycles. The van der Waals surface area contributed by atoms with Gasteiger partial charge in [-0.05, 0) is 33.6 Å². The standard InChI is InChI=1S/C21H38N2O6/c1-5-11-25-13-15-27-17-18-28-16-14-26-12-10-23-8-6-19(7-9-23)22-20(24)29-21(2,3)4/h1,19H,6-18H2,2-4H3,(H,22,24). The van der Waals surface area contributed by atoms with Crippen LogP contribution in [0.4, 0.5) is 4.79 Å². The zero-order valence-electron chi connectivity index (χ0n) is 18.2. The van der Waals surface area contributed by atoms with Gasteiger partial charge in [0.1, 0.15) is 12.2 Å². The molecule has 1 N–H and O–H groups in total. The third kappa shape index (κ3) is 15.2. The number of carbonyl (C=O) groups excluding carboxylic acids is 1. The Balaban J connectivity index is 1.88. The largest absolute Gasteiger partial charge is 0.444 e. The number of carbonyl (C=O) groups is 1. The van der Waals surface area contributed by atoms with Gasteiger partial charge in [-0.3, -0.25) is 0 Å². The molecule has 8 nitrogen and oxygen atoms in total. The Morgan fingerprint density at radius 3 is 2.00 bits per heavy atom. The normalized spacial score (nSPS) is 15.8. The monoisotopic (exact) mass is 414 g/mol. The fourth-order valence-electron chi connectivity index (χ4n) is 2.76. The van der Waals surface area contributed by atoms with E-state index in [-0.39, 0.29) is 12.1 Å². The molecule has 1 aliphatic heterocycles. The Labute approximate surface area is 175 Å². The quantitative estimate of drug-likeness (QED) is 0.342. The van der Waals surface area contributed by atoms with E-state index in [4.69, 9.17) is 30.1 Å². The van der Waals surface area contributed by atoms with Gasteiger partial charge in [0.2, 0.25) is 0 Å². The van der Waals surface area contributed by atoms with Gasteiger partial charge < -0.3 is 33.9 Å². The van der Waals surface area contributed by atoms with Gasteiger partial charge in [-0.25, -0.2) is 4.79 Å². The first-order valence-corrected chi connectivity index (χ1v) is 10.4. The van der Waals surface area contributed by atoms with Gasteiger partial charge in [0.15, 0.2) is 0 Å². The summed E-state index contributed by atoms with van der Waals surface area (Å²) in [6.45, 7) is 12.6. The van der Waals surface area contributed by atoms with E-state index in [1.165, 1.54) is 0 Å². The molecule has 29 heavy (non-hydrogen) atoms. The maximum absolute atomic E-state index is 11.8. The molecular formula is C21H38N2O6. The molecular weight excluding hydrogens is 376 g/mol. The summed E-state index contributed by atoms with van der Waals surface area (Å²) in [6.07, 6.45) is 6.59. The second-order valence-electron chi connectivity index (χ2n) is 7.86. The molecule has 0 aliphatic carbocycles. The smallest absolute Gasteiger partial charge is 0.407 e. The molecule has 0 aromatic rings. The van der Waals surface area contributed by atoms with Gasteiger partial charge in [0, 0.05) is 25.7 Å². The fraction of sp³-hybridized carbons (Fsp3) is 0.857. The average Bonchev–Trinajstić information content (AvgIpc) is 2.65. The minimum absolute atomic E-state index is 0.182. The minimum Gasteiger partial charge on any atom is -0.444 e. The van der Waals surface area contributed by atoms with Crippen molar-refractivity contribution >= 4 is 6.09 Å². The van der Waals surface area contributed by atoms with Gasteiger partial charge in [0.05, 0.1) is 46.2 Å². The first kappa shape index (κ1) is 25.7. The second-order valence-corrected chi connectivity index (χ2v) is 7.86. The fourth-order valence-corrected chi connectivity index (χ4v) is 2.76. The summed E-state index contributed by atoms with van der Waals surface area (Å²) >= 11 is 0. The van der Waals surface area contributed by atoms with Gasteiger partial charge >= 0.3 is 6.09 Å². The highest BCUT2D eigenvalue weighted by Crippen LogP contribution is 2.12. The lowest BCUT2D eigenvalue weighted by atomic mass is 10.1. The molecule has 0 spiro atoms. The molecule has 0 atom stereocenters. The molecule has 0 aromatic heterocycles. The van der Waals surface area contributed by atoms with E-state index in [1.807, 2.05) is 20.8 Å². The van der Waals surface area contributed by atoms with Crippen molar-refractivity contribution in [2.24, 2.45) is 0 Å². The zero-order valence-corrected chi connectivity index (χ0v) is 18.2. The lowest BCUT2D eigenvalue weighted by molar-refractivity contribution is -0.00188. The first-order chi connectivity index (χ1) is 13.9. The third-order valence-corrected chi connectivity index (χ3v) is 4.16. The number of amides is 1. The Hall–Kier alpha value is -1.37. The van der Waals surface area contributed by atoms with E-state index >= 15 is 0 Å². The molecule has 0 radical (unpaired) electrons. The van der Waals surface area contributed by atoms with Gasteiger partial charge in [-0.2, -0.15) is 0 Å². The number of alkyl carbamates (subject to hydrolysis) is 1. The number of nitrogens with one attached hydrogen (secondary N) is 1. The van der Waals surface area contributed by atoms with Crippen molar-refractivity contribution in [3.05, 3.63) is 0 Å². The molecule has 1 heterocycles. The van der Waals surface area contributed by atoms with Crippen molar-refractivity contribution in [1.82, 2.24) is 10.2 Å². The number of likely N-dealkylation sites (tertiary alicyclic amines) is 1. The predicted molar refractivity (Wildman–Crippen MR) is 111 cm³/mol. The van der Waals surface area contributed by atoms with Crippen LogP contribution in [-0.4, -0.2) is 95.1 Å². The molecule has 1 aliphatic rings. The number of nitrogens with zero attached hydrogens (tertiary/aromatic N) is 1. The summed E-state index contributed by atoms with van der Waals surface area (Å²) in [6, 6.07) is 0.182. The molecule has 8 heteroatoms. The number of hydrogen-bond donors (Lipinski definition) is 1. The lowest BCUT2D eigenvalue weighted by Gasteiger charge is -2.32. The Bertz CT molecular complexity index is 467. The SMILES string of the molecule is C#CCOCCOCCOCCOCCN1CCC(NC(=O)OC(C)(C)C)CC1. The summed E-state index contributed by atoms with van der Waals surface area (Å²) in [5.74, 6) is 2.40. The summed E-state index contributed by atoms with van der Waals surface area (Å²) in [4.78, 5) is 14.2. The zero-order chi connectivity index (χ0) is 21.4. The summed E-state index contributed by atoms with van der Waals surface area (Å²) in [5, 5.41) is 2.95. The summed E-state index contributed by atoms with van der Waals surface area (Å²) < 4.78 is 26.8. The van der Waals surface area contributed by atoms with Crippen molar-refractivity contribution in [2.75, 3.05) is 72.5 Å². The Kier molecular flexibility index (Phi) is 13.7. The van der Waals surface area contributed by atoms with E-state index in [1.54, 1.807) is 0 Å². The van der Waals surface area contributed by atoms with E-state index in [0.717, 1.165) is 32.5 Å². The topological polar surface area (TPSA) is 78.5 Å². The molecule has 1 fully saturated rings. The van der Waals surface area contributed by atoms with Gasteiger partial charge in [-0.15, -0.1) is 6.42 Å². The van der Waals surface area contributed by atoms with Crippen molar-refractivity contribution in [1.29, 1.82) is 0 Å². The van der Waals surface area contributed by atoms with Crippen LogP contribution in [0.1, 0.15) is 33.6 Å². The molecule has 0 unspecified atom stereocenters. The highest BCUT2D eigenvalue weighted by atomic mass is 16.6. The molecule has 1 saturated heterocycles. The number of ether oxygens (including phenoxy) is 5. The van der Waals surface area contributed by atoms with Crippen molar-refractivity contribution in [3.63, 3.8) is 0 Å².